The van der Waals surface area contributed by atoms with Crippen molar-refractivity contribution in [1.82, 2.24) is 15.2 Å². The van der Waals surface area contributed by atoms with Crippen molar-refractivity contribution in [2.45, 2.75) is 19.5 Å². The molecular formula is C15H18F3N3O3. The lowest BCUT2D eigenvalue weighted by molar-refractivity contribution is -0.187. The summed E-state index contributed by atoms with van der Waals surface area (Å²) in [6.07, 6.45) is -4.21. The zero-order valence-electron chi connectivity index (χ0n) is 13.0. The van der Waals surface area contributed by atoms with Crippen LogP contribution < -0.4 is 5.32 Å². The molecule has 2 heterocycles. The number of likely N-dealkylation sites (tertiary alicyclic amines) is 1. The van der Waals surface area contributed by atoms with Crippen LogP contribution in [0.3, 0.4) is 0 Å². The summed E-state index contributed by atoms with van der Waals surface area (Å²) in [7, 11) is 0. The molecule has 9 heteroatoms. The minimum absolute atomic E-state index is 0.209. The van der Waals surface area contributed by atoms with E-state index in [1.54, 1.807) is 6.07 Å². The lowest BCUT2D eigenvalue weighted by Gasteiger charge is -2.18. The van der Waals surface area contributed by atoms with Crippen LogP contribution in [0.5, 0.6) is 0 Å². The number of halogens is 3. The number of aliphatic carboxylic acids is 1. The molecule has 2 rings (SSSR count). The first-order valence-corrected chi connectivity index (χ1v) is 7.43. The van der Waals surface area contributed by atoms with Gasteiger partial charge in [-0.3, -0.25) is 9.78 Å². The predicted octanol–water partition coefficient (Wildman–Crippen LogP) is 1.84. The summed E-state index contributed by atoms with van der Waals surface area (Å²) in [5.41, 5.74) is 1.59. The molecule has 6 nitrogen and oxygen atoms in total. The molecule has 1 aromatic rings. The number of pyridine rings is 1. The van der Waals surface area contributed by atoms with E-state index in [-0.39, 0.29) is 6.54 Å². The van der Waals surface area contributed by atoms with Crippen LogP contribution in [0, 0.1) is 18.8 Å². The van der Waals surface area contributed by atoms with E-state index in [1.807, 2.05) is 19.1 Å². The molecule has 2 N–H and O–H groups in total. The Morgan fingerprint density at radius 1 is 1.38 bits per heavy atom. The molecule has 132 valence electrons. The van der Waals surface area contributed by atoms with E-state index in [1.165, 1.54) is 0 Å². The van der Waals surface area contributed by atoms with E-state index in [0.717, 1.165) is 16.3 Å². The monoisotopic (exact) mass is 345 g/mol. The number of urea groups is 1. The van der Waals surface area contributed by atoms with E-state index in [0.29, 0.717) is 6.42 Å². The first kappa shape index (κ1) is 18.0. The summed E-state index contributed by atoms with van der Waals surface area (Å²) in [4.78, 5) is 28.1. The van der Waals surface area contributed by atoms with E-state index in [9.17, 15) is 22.8 Å². The van der Waals surface area contributed by atoms with Gasteiger partial charge in [-0.2, -0.15) is 13.2 Å². The van der Waals surface area contributed by atoms with Gasteiger partial charge in [-0.05, 0) is 19.1 Å². The van der Waals surface area contributed by atoms with Gasteiger partial charge in [-0.15, -0.1) is 0 Å². The number of carbonyl (C=O) groups excluding carboxylic acids is 1. The minimum atomic E-state index is -4.65. The molecule has 0 spiro atoms. The first-order valence-electron chi connectivity index (χ1n) is 7.43. The molecule has 0 bridgehead atoms. The van der Waals surface area contributed by atoms with Crippen LogP contribution in [0.4, 0.5) is 18.0 Å². The Bertz CT molecular complexity index is 621. The van der Waals surface area contributed by atoms with Crippen molar-refractivity contribution in [1.29, 1.82) is 0 Å². The summed E-state index contributed by atoms with van der Waals surface area (Å²) in [5, 5.41) is 11.4. The van der Waals surface area contributed by atoms with Gasteiger partial charge in [-0.1, -0.05) is 6.07 Å². The molecule has 0 radical (unpaired) electrons. The highest BCUT2D eigenvalue weighted by Gasteiger charge is 2.53. The predicted molar refractivity (Wildman–Crippen MR) is 78.3 cm³/mol. The van der Waals surface area contributed by atoms with Gasteiger partial charge in [0.05, 0.1) is 11.8 Å². The maximum atomic E-state index is 12.9. The lowest BCUT2D eigenvalue weighted by Crippen LogP contribution is -2.40. The third-order valence-corrected chi connectivity index (χ3v) is 3.95. The summed E-state index contributed by atoms with van der Waals surface area (Å²) in [5.74, 6) is -5.22. The Morgan fingerprint density at radius 3 is 2.62 bits per heavy atom. The van der Waals surface area contributed by atoms with Crippen LogP contribution >= 0.6 is 0 Å². The van der Waals surface area contributed by atoms with E-state index in [4.69, 9.17) is 5.11 Å². The van der Waals surface area contributed by atoms with Crippen molar-refractivity contribution >= 4 is 12.0 Å². The maximum Gasteiger partial charge on any atom is 0.394 e. The molecule has 24 heavy (non-hydrogen) atoms. The number of rotatable bonds is 4. The van der Waals surface area contributed by atoms with Crippen molar-refractivity contribution in [2.75, 3.05) is 19.6 Å². The molecule has 0 aliphatic carbocycles. The number of carboxylic acids is 1. The first-order chi connectivity index (χ1) is 11.2. The third kappa shape index (κ3) is 4.36. The molecule has 1 saturated heterocycles. The lowest BCUT2D eigenvalue weighted by atomic mass is 9.96. The topological polar surface area (TPSA) is 82.5 Å². The number of carboxylic acid groups (broad SMARTS) is 1. The van der Waals surface area contributed by atoms with Gasteiger partial charge in [0.1, 0.15) is 0 Å². The summed E-state index contributed by atoms with van der Waals surface area (Å²) >= 11 is 0. The average molecular weight is 345 g/mol. The molecule has 1 fully saturated rings. The highest BCUT2D eigenvalue weighted by atomic mass is 19.4. The van der Waals surface area contributed by atoms with Crippen LogP contribution in [-0.4, -0.2) is 52.8 Å². The Hall–Kier alpha value is -2.32. The SMILES string of the molecule is Cc1cccc(CCNC(=O)N2C[C@@H](C(F)(F)F)[C@H](C(=O)O)C2)n1. The fraction of sp³-hybridized carbons (Fsp3) is 0.533. The second-order valence-electron chi connectivity index (χ2n) is 5.75. The third-order valence-electron chi connectivity index (χ3n) is 3.95. The number of carbonyl (C=O) groups is 2. The summed E-state index contributed by atoms with van der Waals surface area (Å²) in [6, 6.07) is 4.75. The zero-order chi connectivity index (χ0) is 17.9. The summed E-state index contributed by atoms with van der Waals surface area (Å²) in [6.45, 7) is 0.943. The number of aryl methyl sites for hydroxylation is 1. The van der Waals surface area contributed by atoms with Crippen LogP contribution in [0.2, 0.25) is 0 Å². The van der Waals surface area contributed by atoms with Gasteiger partial charge in [-0.25, -0.2) is 4.79 Å². The van der Waals surface area contributed by atoms with Crippen molar-refractivity contribution in [3.8, 4) is 0 Å². The minimum Gasteiger partial charge on any atom is -0.481 e. The second-order valence-corrected chi connectivity index (χ2v) is 5.75. The molecule has 0 unspecified atom stereocenters. The van der Waals surface area contributed by atoms with E-state index >= 15 is 0 Å². The quantitative estimate of drug-likeness (QED) is 0.872. The van der Waals surface area contributed by atoms with Crippen LogP contribution in [0.25, 0.3) is 0 Å². The normalized spacial score (nSPS) is 20.9. The average Bonchev–Trinajstić information content (AvgIpc) is 2.93. The Morgan fingerprint density at radius 2 is 2.08 bits per heavy atom. The Labute approximate surface area is 136 Å². The van der Waals surface area contributed by atoms with Crippen molar-refractivity contribution in [3.63, 3.8) is 0 Å². The molecule has 1 aliphatic rings. The Kier molecular flexibility index (Phi) is 5.30. The number of hydrogen-bond acceptors (Lipinski definition) is 3. The molecule has 0 saturated carbocycles. The number of alkyl halides is 3. The van der Waals surface area contributed by atoms with Gasteiger partial charge < -0.3 is 15.3 Å². The zero-order valence-corrected chi connectivity index (χ0v) is 13.0. The summed E-state index contributed by atoms with van der Waals surface area (Å²) < 4.78 is 38.7. The van der Waals surface area contributed by atoms with Crippen LogP contribution in [0.15, 0.2) is 18.2 Å². The number of hydrogen-bond donors (Lipinski definition) is 2. The number of nitrogens with one attached hydrogen (secondary N) is 1. The van der Waals surface area contributed by atoms with Gasteiger partial charge in [0.25, 0.3) is 0 Å². The standard InChI is InChI=1S/C15H18F3N3O3/c1-9-3-2-4-10(20-9)5-6-19-14(24)21-7-11(13(22)23)12(8-21)15(16,17)18/h2-4,11-12H,5-8H2,1H3,(H,19,24)(H,22,23)/t11-,12-/m1/s1. The highest BCUT2D eigenvalue weighted by molar-refractivity contribution is 5.77. The molecule has 2 amide bonds. The number of nitrogens with zero attached hydrogens (tertiary/aromatic N) is 2. The van der Waals surface area contributed by atoms with E-state index in [2.05, 4.69) is 10.3 Å². The molecule has 2 atom stereocenters. The van der Waals surface area contributed by atoms with E-state index < -0.39 is 43.1 Å². The van der Waals surface area contributed by atoms with Gasteiger partial charge in [0.15, 0.2) is 0 Å². The van der Waals surface area contributed by atoms with Crippen LogP contribution in [0.1, 0.15) is 11.4 Å². The van der Waals surface area contributed by atoms with Crippen molar-refractivity contribution in [2.24, 2.45) is 11.8 Å². The number of amides is 2. The fourth-order valence-corrected chi connectivity index (χ4v) is 2.70. The molecule has 1 aliphatic heterocycles. The van der Waals surface area contributed by atoms with Crippen molar-refractivity contribution in [3.05, 3.63) is 29.6 Å². The second kappa shape index (κ2) is 7.06. The van der Waals surface area contributed by atoms with Crippen LogP contribution in [-0.2, 0) is 11.2 Å². The molecular weight excluding hydrogens is 327 g/mol. The highest BCUT2D eigenvalue weighted by Crippen LogP contribution is 2.37. The largest absolute Gasteiger partial charge is 0.481 e. The number of aromatic nitrogens is 1. The smallest absolute Gasteiger partial charge is 0.394 e. The fourth-order valence-electron chi connectivity index (χ4n) is 2.70. The van der Waals surface area contributed by atoms with Gasteiger partial charge >= 0.3 is 18.2 Å². The molecule has 0 aromatic carbocycles. The molecule has 1 aromatic heterocycles. The van der Waals surface area contributed by atoms with Gasteiger partial charge in [0, 0.05) is 37.4 Å². The maximum absolute atomic E-state index is 12.9. The Balaban J connectivity index is 1.90. The van der Waals surface area contributed by atoms with Gasteiger partial charge in [0.2, 0.25) is 0 Å². The van der Waals surface area contributed by atoms with Crippen molar-refractivity contribution < 1.29 is 27.9 Å².